The fourth-order valence-corrected chi connectivity index (χ4v) is 3.49. The normalized spacial score (nSPS) is 13.7. The fraction of sp³-hybridized carbons (Fsp3) is 0.444. The van der Waals surface area contributed by atoms with Gasteiger partial charge in [-0.1, -0.05) is 0 Å². The molecule has 1 heterocycles. The molecule has 206 valence electrons. The topological polar surface area (TPSA) is 121 Å². The Labute approximate surface area is 203 Å². The summed E-state index contributed by atoms with van der Waals surface area (Å²) < 4.78 is 133. The Balaban J connectivity index is 2.08. The number of nitrogens with one attached hydrogen (secondary N) is 1. The predicted molar refractivity (Wildman–Crippen MR) is 103 cm³/mol. The zero-order chi connectivity index (χ0) is 28.2. The van der Waals surface area contributed by atoms with Crippen LogP contribution in [0.25, 0.3) is 0 Å². The molecule has 0 atom stereocenters. The molecule has 1 aromatic carbocycles. The molecule has 8 nitrogen and oxygen atoms in total. The van der Waals surface area contributed by atoms with Crippen LogP contribution in [0.2, 0.25) is 0 Å². The van der Waals surface area contributed by atoms with E-state index in [1.54, 1.807) is 0 Å². The maximum atomic E-state index is 13.4. The number of carbonyl (C=O) groups is 1. The molecule has 0 spiro atoms. The number of carbonyl (C=O) groups excluding carboxylic acids is 1. The Morgan fingerprint density at radius 1 is 1.05 bits per heavy atom. The van der Waals surface area contributed by atoms with Crippen LogP contribution in [0.1, 0.15) is 30.5 Å². The van der Waals surface area contributed by atoms with Crippen molar-refractivity contribution in [2.45, 2.75) is 48.4 Å². The van der Waals surface area contributed by atoms with Crippen molar-refractivity contribution in [1.82, 2.24) is 15.8 Å². The molecule has 0 aliphatic rings. The molecule has 0 saturated carbocycles. The molecule has 0 radical (unpaired) electrons. The number of aromatic nitrogens is 2. The number of thioether (sulfide) groups is 1. The molecule has 2 rings (SSSR count). The molecular formula is C18H14F10N4O4S. The molecule has 2 aromatic rings. The Morgan fingerprint density at radius 3 is 2.22 bits per heavy atom. The van der Waals surface area contributed by atoms with Gasteiger partial charge in [0.25, 0.3) is 5.60 Å². The number of aliphatic imine (C=N–C) groups is 1. The summed E-state index contributed by atoms with van der Waals surface area (Å²) in [5.41, 5.74) is -6.17. The van der Waals surface area contributed by atoms with Gasteiger partial charge < -0.3 is 5.11 Å². The third-order valence-electron chi connectivity index (χ3n) is 4.51. The number of hydrogen-bond donors (Lipinski definition) is 3. The number of amidine groups is 1. The van der Waals surface area contributed by atoms with Gasteiger partial charge in [0.05, 0.1) is 17.7 Å². The van der Waals surface area contributed by atoms with Crippen LogP contribution in [-0.2, 0) is 11.0 Å². The van der Waals surface area contributed by atoms with E-state index in [4.69, 9.17) is 5.11 Å². The van der Waals surface area contributed by atoms with Gasteiger partial charge in [-0.25, -0.2) is 14.0 Å². The monoisotopic (exact) mass is 572 g/mol. The Bertz CT molecular complexity index is 1120. The van der Waals surface area contributed by atoms with E-state index in [1.807, 2.05) is 0 Å². The van der Waals surface area contributed by atoms with Gasteiger partial charge in [0, 0.05) is 12.2 Å². The van der Waals surface area contributed by atoms with Crippen molar-refractivity contribution in [3.8, 4) is 0 Å². The highest BCUT2D eigenvalue weighted by Crippen LogP contribution is 2.45. The summed E-state index contributed by atoms with van der Waals surface area (Å²) in [6, 6.07) is 1.65. The summed E-state index contributed by atoms with van der Waals surface area (Å²) in [4.78, 5) is 15.3. The Kier molecular flexibility index (Phi) is 9.18. The molecule has 0 fully saturated rings. The number of Topliss-reactive ketones (excluding diaryl/α,β-unsaturated/α-hetero) is 1. The van der Waals surface area contributed by atoms with Crippen molar-refractivity contribution in [3.05, 3.63) is 35.3 Å². The van der Waals surface area contributed by atoms with Crippen molar-refractivity contribution in [2.24, 2.45) is 4.99 Å². The minimum atomic E-state index is -6.14. The first kappa shape index (κ1) is 30.3. The Hall–Kier alpha value is -2.93. The van der Waals surface area contributed by atoms with Gasteiger partial charge in [0.1, 0.15) is 11.6 Å². The van der Waals surface area contributed by atoms with E-state index in [2.05, 4.69) is 19.9 Å². The van der Waals surface area contributed by atoms with E-state index in [1.165, 1.54) is 5.48 Å². The zero-order valence-corrected chi connectivity index (χ0v) is 18.6. The molecular weight excluding hydrogens is 558 g/mol. The van der Waals surface area contributed by atoms with E-state index in [9.17, 15) is 53.9 Å². The number of benzene rings is 1. The SMILES string of the molecule is O=C(CCCSc1nonc1C(=Nc1ccc(F)c(C(F)(F)F)c1)NO)CC(O)(C(F)(F)F)C(F)(F)F. The minimum Gasteiger partial charge on any atom is -0.373 e. The third kappa shape index (κ3) is 7.31. The van der Waals surface area contributed by atoms with Gasteiger partial charge in [-0.05, 0) is 34.9 Å². The average molecular weight is 572 g/mol. The number of alkyl halides is 9. The highest BCUT2D eigenvalue weighted by atomic mass is 32.2. The van der Waals surface area contributed by atoms with Crippen molar-refractivity contribution in [2.75, 3.05) is 5.75 Å². The molecule has 0 unspecified atom stereocenters. The summed E-state index contributed by atoms with van der Waals surface area (Å²) in [5.74, 6) is -3.90. The van der Waals surface area contributed by atoms with E-state index >= 15 is 0 Å². The number of ketones is 1. The van der Waals surface area contributed by atoms with Gasteiger partial charge in [0.2, 0.25) is 0 Å². The number of nitrogens with zero attached hydrogens (tertiary/aromatic N) is 3. The van der Waals surface area contributed by atoms with Gasteiger partial charge in [-0.15, -0.1) is 11.8 Å². The zero-order valence-electron chi connectivity index (χ0n) is 17.8. The highest BCUT2D eigenvalue weighted by molar-refractivity contribution is 7.99. The minimum absolute atomic E-state index is 0.170. The van der Waals surface area contributed by atoms with Gasteiger partial charge in [0.15, 0.2) is 16.6 Å². The van der Waals surface area contributed by atoms with Crippen molar-refractivity contribution in [1.29, 1.82) is 0 Å². The molecule has 1 aromatic heterocycles. The van der Waals surface area contributed by atoms with Gasteiger partial charge in [-0.2, -0.15) is 39.5 Å². The number of halogens is 10. The number of aliphatic hydroxyl groups is 1. The number of rotatable bonds is 9. The molecule has 37 heavy (non-hydrogen) atoms. The second-order valence-electron chi connectivity index (χ2n) is 7.18. The quantitative estimate of drug-likeness (QED) is 0.0962. The van der Waals surface area contributed by atoms with Crippen LogP contribution in [0.5, 0.6) is 0 Å². The lowest BCUT2D eigenvalue weighted by molar-refractivity contribution is -0.367. The van der Waals surface area contributed by atoms with E-state index in [0.29, 0.717) is 23.9 Å². The number of hydroxylamine groups is 1. The van der Waals surface area contributed by atoms with Crippen LogP contribution in [-0.4, -0.2) is 56.0 Å². The third-order valence-corrected chi connectivity index (χ3v) is 5.55. The lowest BCUT2D eigenvalue weighted by atomic mass is 9.94. The largest absolute Gasteiger partial charge is 0.426 e. The summed E-state index contributed by atoms with van der Waals surface area (Å²) in [6.07, 6.45) is -20.7. The molecule has 0 bridgehead atoms. The lowest BCUT2D eigenvalue weighted by Crippen LogP contribution is -2.57. The predicted octanol–water partition coefficient (Wildman–Crippen LogP) is 4.97. The first-order valence-electron chi connectivity index (χ1n) is 9.59. The molecule has 0 aliphatic heterocycles. The van der Waals surface area contributed by atoms with Gasteiger partial charge in [-0.3, -0.25) is 15.5 Å². The van der Waals surface area contributed by atoms with E-state index in [-0.39, 0.29) is 22.9 Å². The summed E-state index contributed by atoms with van der Waals surface area (Å²) in [7, 11) is 0. The van der Waals surface area contributed by atoms with E-state index in [0.717, 1.165) is 6.07 Å². The Morgan fingerprint density at radius 2 is 1.68 bits per heavy atom. The van der Waals surface area contributed by atoms with E-state index < -0.39 is 65.7 Å². The standard InChI is InChI=1S/C18H14F10N4O4S/c19-11-4-3-8(6-10(11)16(20,21)22)29-13(30-35)12-14(32-36-31-12)37-5-1-2-9(33)7-15(34,17(23,24)25)18(26,27)28/h3-4,6,34-35H,1-2,5,7H2,(H,29,30). The lowest BCUT2D eigenvalue weighted by Gasteiger charge is -2.31. The van der Waals surface area contributed by atoms with Crippen LogP contribution < -0.4 is 5.48 Å². The first-order valence-corrected chi connectivity index (χ1v) is 10.6. The molecule has 3 N–H and O–H groups in total. The molecule has 19 heteroatoms. The second kappa shape index (κ2) is 11.2. The summed E-state index contributed by atoms with van der Waals surface area (Å²) in [5, 5.41) is 25.0. The van der Waals surface area contributed by atoms with Crippen molar-refractivity contribution >= 4 is 29.1 Å². The molecule has 0 amide bonds. The summed E-state index contributed by atoms with van der Waals surface area (Å²) in [6.45, 7) is 0. The smallest absolute Gasteiger partial charge is 0.373 e. The molecule has 0 aliphatic carbocycles. The fourth-order valence-electron chi connectivity index (χ4n) is 2.65. The van der Waals surface area contributed by atoms with Crippen LogP contribution >= 0.6 is 11.8 Å². The van der Waals surface area contributed by atoms with Crippen LogP contribution in [0.4, 0.5) is 49.6 Å². The van der Waals surface area contributed by atoms with Gasteiger partial charge >= 0.3 is 18.5 Å². The maximum Gasteiger partial charge on any atom is 0.426 e. The first-order chi connectivity index (χ1) is 16.9. The second-order valence-corrected chi connectivity index (χ2v) is 8.26. The van der Waals surface area contributed by atoms with Crippen molar-refractivity contribution in [3.63, 3.8) is 0 Å². The van der Waals surface area contributed by atoms with Crippen LogP contribution in [0, 0.1) is 5.82 Å². The molecule has 0 saturated heterocycles. The van der Waals surface area contributed by atoms with Crippen LogP contribution in [0.3, 0.4) is 0 Å². The average Bonchev–Trinajstić information content (AvgIpc) is 3.22. The maximum absolute atomic E-state index is 13.4. The number of hydrogen-bond acceptors (Lipinski definition) is 8. The summed E-state index contributed by atoms with van der Waals surface area (Å²) >= 11 is 0.690. The van der Waals surface area contributed by atoms with Crippen molar-refractivity contribution < 1.29 is 63.6 Å². The van der Waals surface area contributed by atoms with Crippen LogP contribution in [0.15, 0.2) is 32.8 Å². The highest BCUT2D eigenvalue weighted by Gasteiger charge is 2.70.